The number of benzene rings is 2. The van der Waals surface area contributed by atoms with Crippen molar-refractivity contribution < 1.29 is 13.2 Å². The Hall–Kier alpha value is -2.31. The molecule has 2 heterocycles. The van der Waals surface area contributed by atoms with E-state index in [1.54, 1.807) is 30.9 Å². The SMILES string of the molecule is FC(F)(F)C1(c2cc(Cl)cc(Cl)c2)CN=C(c2ccc(-n3ccnc3)cc2)C1. The molecule has 1 aromatic heterocycles. The lowest BCUT2D eigenvalue weighted by atomic mass is 9.76. The van der Waals surface area contributed by atoms with Crippen molar-refractivity contribution in [1.82, 2.24) is 9.55 Å². The van der Waals surface area contributed by atoms with Crippen LogP contribution in [0.5, 0.6) is 0 Å². The number of hydrogen-bond acceptors (Lipinski definition) is 2. The van der Waals surface area contributed by atoms with Gasteiger partial charge in [0.1, 0.15) is 5.41 Å². The Labute approximate surface area is 169 Å². The molecule has 1 aliphatic heterocycles. The summed E-state index contributed by atoms with van der Waals surface area (Å²) >= 11 is 11.9. The molecule has 144 valence electrons. The van der Waals surface area contributed by atoms with Crippen molar-refractivity contribution in [3.8, 4) is 5.69 Å². The minimum absolute atomic E-state index is 0.0336. The number of halogens is 5. The zero-order chi connectivity index (χ0) is 19.9. The monoisotopic (exact) mass is 423 g/mol. The van der Waals surface area contributed by atoms with Crippen LogP contribution in [0.4, 0.5) is 13.2 Å². The number of aliphatic imine (C=N–C) groups is 1. The maximum atomic E-state index is 14.1. The van der Waals surface area contributed by atoms with Gasteiger partial charge in [-0.25, -0.2) is 4.98 Å². The standard InChI is InChI=1S/C20H14Cl2F3N3/c21-15-7-14(8-16(22)9-15)19(20(23,24)25)10-18(27-11-19)13-1-3-17(4-2-13)28-6-5-26-12-28/h1-9,12H,10-11H2. The molecular formula is C20H14Cl2F3N3. The number of rotatable bonds is 3. The van der Waals surface area contributed by atoms with Crippen molar-refractivity contribution >= 4 is 28.9 Å². The van der Waals surface area contributed by atoms with Crippen molar-refractivity contribution in [1.29, 1.82) is 0 Å². The Morgan fingerprint density at radius 3 is 2.25 bits per heavy atom. The summed E-state index contributed by atoms with van der Waals surface area (Å²) in [4.78, 5) is 8.23. The molecule has 0 saturated heterocycles. The molecule has 0 radical (unpaired) electrons. The van der Waals surface area contributed by atoms with E-state index in [0.717, 1.165) is 5.69 Å². The molecule has 0 N–H and O–H groups in total. The average Bonchev–Trinajstić information content (AvgIpc) is 3.31. The van der Waals surface area contributed by atoms with Crippen LogP contribution in [0.15, 0.2) is 66.2 Å². The molecule has 1 unspecified atom stereocenters. The first-order valence-electron chi connectivity index (χ1n) is 8.44. The van der Waals surface area contributed by atoms with Gasteiger partial charge in [0.15, 0.2) is 0 Å². The molecule has 1 atom stereocenters. The van der Waals surface area contributed by atoms with Crippen molar-refractivity contribution in [3.05, 3.63) is 82.4 Å². The average molecular weight is 424 g/mol. The van der Waals surface area contributed by atoms with E-state index < -0.39 is 18.1 Å². The Balaban J connectivity index is 1.67. The first-order chi connectivity index (χ1) is 13.3. The molecule has 2 aromatic carbocycles. The summed E-state index contributed by atoms with van der Waals surface area (Å²) in [7, 11) is 0. The Morgan fingerprint density at radius 2 is 1.68 bits per heavy atom. The summed E-state index contributed by atoms with van der Waals surface area (Å²) in [6, 6.07) is 11.2. The predicted molar refractivity (Wildman–Crippen MR) is 104 cm³/mol. The van der Waals surface area contributed by atoms with Gasteiger partial charge in [0.2, 0.25) is 0 Å². The third kappa shape index (κ3) is 3.31. The summed E-state index contributed by atoms with van der Waals surface area (Å²) in [6.45, 7) is -0.397. The fraction of sp³-hybridized carbons (Fsp3) is 0.200. The van der Waals surface area contributed by atoms with E-state index in [1.165, 1.54) is 18.2 Å². The number of alkyl halides is 3. The Morgan fingerprint density at radius 1 is 1.00 bits per heavy atom. The van der Waals surface area contributed by atoms with E-state index in [4.69, 9.17) is 23.2 Å². The molecule has 0 bridgehead atoms. The van der Waals surface area contributed by atoms with Crippen LogP contribution >= 0.6 is 23.2 Å². The quantitative estimate of drug-likeness (QED) is 0.517. The normalized spacial score (nSPS) is 19.7. The van der Waals surface area contributed by atoms with E-state index in [-0.39, 0.29) is 22.0 Å². The van der Waals surface area contributed by atoms with Gasteiger partial charge in [-0.2, -0.15) is 13.2 Å². The van der Waals surface area contributed by atoms with Crippen LogP contribution in [0.2, 0.25) is 10.0 Å². The molecule has 3 nitrogen and oxygen atoms in total. The second-order valence-corrected chi connectivity index (χ2v) is 7.57. The van der Waals surface area contributed by atoms with Crippen LogP contribution in [0.1, 0.15) is 17.5 Å². The fourth-order valence-electron chi connectivity index (χ4n) is 3.44. The molecule has 1 aliphatic rings. The lowest BCUT2D eigenvalue weighted by molar-refractivity contribution is -0.183. The second-order valence-electron chi connectivity index (χ2n) is 6.69. The third-order valence-corrected chi connectivity index (χ3v) is 5.41. The van der Waals surface area contributed by atoms with Crippen LogP contribution in [0.25, 0.3) is 5.69 Å². The maximum Gasteiger partial charge on any atom is 0.400 e. The molecule has 0 spiro atoms. The van der Waals surface area contributed by atoms with Crippen LogP contribution in [-0.4, -0.2) is 28.0 Å². The van der Waals surface area contributed by atoms with Crippen molar-refractivity contribution in [3.63, 3.8) is 0 Å². The van der Waals surface area contributed by atoms with Crippen LogP contribution in [-0.2, 0) is 5.41 Å². The predicted octanol–water partition coefficient (Wildman–Crippen LogP) is 5.87. The Kier molecular flexibility index (Phi) is 4.71. The van der Waals surface area contributed by atoms with Crippen molar-refractivity contribution in [2.24, 2.45) is 4.99 Å². The highest BCUT2D eigenvalue weighted by Crippen LogP contribution is 2.48. The number of hydrogen-bond donors (Lipinski definition) is 0. The first-order valence-corrected chi connectivity index (χ1v) is 9.19. The van der Waals surface area contributed by atoms with Crippen molar-refractivity contribution in [2.75, 3.05) is 6.54 Å². The van der Waals surface area contributed by atoms with E-state index in [1.807, 2.05) is 16.7 Å². The molecule has 3 aromatic rings. The van der Waals surface area contributed by atoms with Gasteiger partial charge < -0.3 is 4.57 Å². The summed E-state index contributed by atoms with van der Waals surface area (Å²) in [5.41, 5.74) is -0.177. The van der Waals surface area contributed by atoms with E-state index >= 15 is 0 Å². The third-order valence-electron chi connectivity index (χ3n) is 4.97. The molecular weight excluding hydrogens is 410 g/mol. The summed E-state index contributed by atoms with van der Waals surface area (Å²) in [5, 5.41) is 0.341. The zero-order valence-corrected chi connectivity index (χ0v) is 15.9. The highest BCUT2D eigenvalue weighted by atomic mass is 35.5. The summed E-state index contributed by atoms with van der Waals surface area (Å²) < 4.78 is 44.2. The van der Waals surface area contributed by atoms with Gasteiger partial charge in [0.25, 0.3) is 0 Å². The molecule has 0 saturated carbocycles. The maximum absolute atomic E-state index is 14.1. The lowest BCUT2D eigenvalue weighted by Gasteiger charge is -2.31. The fourth-order valence-corrected chi connectivity index (χ4v) is 3.96. The van der Waals surface area contributed by atoms with E-state index in [9.17, 15) is 13.2 Å². The van der Waals surface area contributed by atoms with Crippen LogP contribution in [0.3, 0.4) is 0 Å². The van der Waals surface area contributed by atoms with Gasteiger partial charge in [0.05, 0.1) is 12.9 Å². The molecule has 0 aliphatic carbocycles. The van der Waals surface area contributed by atoms with Gasteiger partial charge >= 0.3 is 6.18 Å². The minimum Gasteiger partial charge on any atom is -0.306 e. The second kappa shape index (κ2) is 6.94. The number of aromatic nitrogens is 2. The smallest absolute Gasteiger partial charge is 0.306 e. The molecule has 28 heavy (non-hydrogen) atoms. The number of nitrogens with zero attached hydrogens (tertiary/aromatic N) is 3. The van der Waals surface area contributed by atoms with Gasteiger partial charge in [-0.15, -0.1) is 0 Å². The van der Waals surface area contributed by atoms with Gasteiger partial charge in [0, 0.05) is 40.3 Å². The van der Waals surface area contributed by atoms with Gasteiger partial charge in [-0.1, -0.05) is 35.3 Å². The van der Waals surface area contributed by atoms with Crippen LogP contribution in [0, 0.1) is 0 Å². The van der Waals surface area contributed by atoms with Crippen molar-refractivity contribution in [2.45, 2.75) is 18.0 Å². The van der Waals surface area contributed by atoms with Gasteiger partial charge in [-0.3, -0.25) is 4.99 Å². The topological polar surface area (TPSA) is 30.2 Å². The summed E-state index contributed by atoms with van der Waals surface area (Å²) in [5.74, 6) is 0. The van der Waals surface area contributed by atoms with E-state index in [2.05, 4.69) is 9.98 Å². The Bertz CT molecular complexity index is 1010. The highest BCUT2D eigenvalue weighted by Gasteiger charge is 2.58. The first kappa shape index (κ1) is 19.0. The highest BCUT2D eigenvalue weighted by molar-refractivity contribution is 6.34. The number of imidazole rings is 1. The van der Waals surface area contributed by atoms with Crippen LogP contribution < -0.4 is 0 Å². The molecule has 0 amide bonds. The minimum atomic E-state index is -4.50. The lowest BCUT2D eigenvalue weighted by Crippen LogP contribution is -2.43. The largest absolute Gasteiger partial charge is 0.400 e. The molecule has 8 heteroatoms. The van der Waals surface area contributed by atoms with E-state index in [0.29, 0.717) is 11.3 Å². The molecule has 4 rings (SSSR count). The summed E-state index contributed by atoms with van der Waals surface area (Å²) in [6.07, 6.45) is 0.336. The molecule has 0 fully saturated rings. The zero-order valence-electron chi connectivity index (χ0n) is 14.4. The van der Waals surface area contributed by atoms with Gasteiger partial charge in [-0.05, 0) is 41.5 Å².